The molecule has 0 radical (unpaired) electrons. The van der Waals surface area contributed by atoms with Gasteiger partial charge in [-0.15, -0.1) is 0 Å². The summed E-state index contributed by atoms with van der Waals surface area (Å²) in [6.45, 7) is 6.86. The van der Waals surface area contributed by atoms with Crippen molar-refractivity contribution in [3.8, 4) is 0 Å². The minimum Gasteiger partial charge on any atom is -0.368 e. The first-order valence-corrected chi connectivity index (χ1v) is 6.28. The molecule has 0 aliphatic heterocycles. The average molecular weight is 248 g/mol. The van der Waals surface area contributed by atoms with E-state index in [2.05, 4.69) is 34.2 Å². The fourth-order valence-electron chi connectivity index (χ4n) is 1.82. The molecule has 0 amide bonds. The fraction of sp³-hybridized carbons (Fsp3) is 0.583. The Morgan fingerprint density at radius 3 is 2.78 bits per heavy atom. The molecule has 0 unspecified atom stereocenters. The highest BCUT2D eigenvalue weighted by Crippen LogP contribution is 2.15. The van der Waals surface area contributed by atoms with Gasteiger partial charge in [-0.1, -0.05) is 13.8 Å². The van der Waals surface area contributed by atoms with Crippen molar-refractivity contribution < 1.29 is 0 Å². The number of anilines is 1. The molecule has 6 nitrogen and oxygen atoms in total. The van der Waals surface area contributed by atoms with E-state index in [1.807, 2.05) is 13.0 Å². The van der Waals surface area contributed by atoms with Crippen LogP contribution in [-0.2, 0) is 0 Å². The first kappa shape index (κ1) is 12.8. The maximum absolute atomic E-state index is 6.28. The second kappa shape index (κ2) is 4.89. The first-order chi connectivity index (χ1) is 8.58. The molecule has 2 aromatic heterocycles. The third kappa shape index (κ3) is 2.43. The third-order valence-corrected chi connectivity index (χ3v) is 3.41. The van der Waals surface area contributed by atoms with E-state index in [0.29, 0.717) is 12.3 Å². The van der Waals surface area contributed by atoms with E-state index in [0.717, 1.165) is 24.4 Å². The van der Waals surface area contributed by atoms with Gasteiger partial charge >= 0.3 is 0 Å². The molecule has 0 aromatic carbocycles. The Morgan fingerprint density at radius 1 is 1.39 bits per heavy atom. The van der Waals surface area contributed by atoms with E-state index in [4.69, 9.17) is 5.73 Å². The predicted molar refractivity (Wildman–Crippen MR) is 71.5 cm³/mol. The van der Waals surface area contributed by atoms with Crippen LogP contribution in [0.15, 0.2) is 12.4 Å². The molecule has 6 heteroatoms. The number of aryl methyl sites for hydroxylation is 1. The summed E-state index contributed by atoms with van der Waals surface area (Å²) < 4.78 is 1.69. The zero-order chi connectivity index (χ0) is 13.2. The highest BCUT2D eigenvalue weighted by atomic mass is 15.4. The normalized spacial score (nSPS) is 12.0. The Balaban J connectivity index is 2.24. The highest BCUT2D eigenvalue weighted by Gasteiger charge is 2.20. The van der Waals surface area contributed by atoms with Crippen LogP contribution in [0.1, 0.15) is 32.4 Å². The molecule has 0 aliphatic carbocycles. The van der Waals surface area contributed by atoms with Gasteiger partial charge in [0.15, 0.2) is 0 Å². The Labute approximate surface area is 107 Å². The molecular formula is C12H20N6. The Bertz CT molecular complexity index is 528. The van der Waals surface area contributed by atoms with Gasteiger partial charge in [0.1, 0.15) is 12.1 Å². The van der Waals surface area contributed by atoms with Gasteiger partial charge in [0.25, 0.3) is 5.78 Å². The van der Waals surface area contributed by atoms with Crippen LogP contribution in [0.2, 0.25) is 0 Å². The lowest BCUT2D eigenvalue weighted by Gasteiger charge is -2.27. The number of hydrogen-bond acceptors (Lipinski definition) is 5. The largest absolute Gasteiger partial charge is 0.368 e. The number of nitrogens with two attached hydrogens (primary N) is 1. The molecule has 2 rings (SSSR count). The maximum atomic E-state index is 6.28. The Hall–Kier alpha value is -1.69. The molecule has 0 saturated carbocycles. The predicted octanol–water partition coefficient (Wildman–Crippen LogP) is 1.36. The van der Waals surface area contributed by atoms with E-state index in [1.165, 1.54) is 6.33 Å². The second-order valence-corrected chi connectivity index (χ2v) is 4.68. The fourth-order valence-corrected chi connectivity index (χ4v) is 1.82. The molecule has 2 heterocycles. The van der Waals surface area contributed by atoms with Crippen LogP contribution in [0, 0.1) is 6.92 Å². The zero-order valence-corrected chi connectivity index (χ0v) is 11.1. The number of hydrogen-bond donors (Lipinski definition) is 2. The van der Waals surface area contributed by atoms with Crippen LogP contribution in [0.4, 0.5) is 5.82 Å². The molecule has 0 atom stereocenters. The summed E-state index contributed by atoms with van der Waals surface area (Å²) in [6, 6.07) is 1.95. The van der Waals surface area contributed by atoms with Crippen LogP contribution < -0.4 is 11.1 Å². The van der Waals surface area contributed by atoms with Crippen molar-refractivity contribution >= 4 is 11.6 Å². The van der Waals surface area contributed by atoms with Crippen molar-refractivity contribution in [2.24, 2.45) is 5.73 Å². The van der Waals surface area contributed by atoms with Crippen molar-refractivity contribution in [3.63, 3.8) is 0 Å². The lowest BCUT2D eigenvalue weighted by atomic mass is 9.94. The molecule has 18 heavy (non-hydrogen) atoms. The average Bonchev–Trinajstić information content (AvgIpc) is 2.83. The first-order valence-electron chi connectivity index (χ1n) is 6.28. The van der Waals surface area contributed by atoms with Crippen molar-refractivity contribution in [2.45, 2.75) is 39.2 Å². The van der Waals surface area contributed by atoms with Crippen molar-refractivity contribution in [2.75, 3.05) is 11.9 Å². The van der Waals surface area contributed by atoms with Gasteiger partial charge in [-0.3, -0.25) is 0 Å². The molecule has 3 N–H and O–H groups in total. The summed E-state index contributed by atoms with van der Waals surface area (Å²) in [5.74, 6) is 1.49. The van der Waals surface area contributed by atoms with E-state index in [9.17, 15) is 0 Å². The number of fused-ring (bicyclic) bond motifs is 1. The van der Waals surface area contributed by atoms with Crippen molar-refractivity contribution in [1.82, 2.24) is 19.6 Å². The Kier molecular flexibility index (Phi) is 3.47. The Morgan fingerprint density at radius 2 is 2.11 bits per heavy atom. The van der Waals surface area contributed by atoms with Gasteiger partial charge in [0, 0.05) is 23.8 Å². The molecule has 2 aromatic rings. The standard InChI is InChI=1S/C12H20N6/c1-4-12(13,5-2)7-14-10-6-9(3)17-11-15-8-16-18(10)11/h6,8,14H,4-5,7,13H2,1-3H3. The minimum atomic E-state index is -0.190. The monoisotopic (exact) mass is 248 g/mol. The van der Waals surface area contributed by atoms with Gasteiger partial charge in [-0.25, -0.2) is 4.98 Å². The quantitative estimate of drug-likeness (QED) is 0.835. The van der Waals surface area contributed by atoms with Crippen LogP contribution in [0.5, 0.6) is 0 Å². The maximum Gasteiger partial charge on any atom is 0.254 e. The van der Waals surface area contributed by atoms with E-state index in [-0.39, 0.29) is 5.54 Å². The number of rotatable bonds is 5. The van der Waals surface area contributed by atoms with Crippen molar-refractivity contribution in [1.29, 1.82) is 0 Å². The summed E-state index contributed by atoms with van der Waals surface area (Å²) in [4.78, 5) is 8.39. The van der Waals surface area contributed by atoms with Gasteiger partial charge in [0.05, 0.1) is 0 Å². The van der Waals surface area contributed by atoms with E-state index >= 15 is 0 Å². The smallest absolute Gasteiger partial charge is 0.254 e. The van der Waals surface area contributed by atoms with Gasteiger partial charge in [0.2, 0.25) is 0 Å². The molecule has 98 valence electrons. The van der Waals surface area contributed by atoms with Crippen LogP contribution in [-0.4, -0.2) is 31.7 Å². The summed E-state index contributed by atoms with van der Waals surface area (Å²) in [7, 11) is 0. The number of nitrogens with one attached hydrogen (secondary N) is 1. The SMILES string of the molecule is CCC(N)(CC)CNc1cc(C)nc2ncnn12. The van der Waals surface area contributed by atoms with Crippen LogP contribution in [0.25, 0.3) is 5.78 Å². The highest BCUT2D eigenvalue weighted by molar-refractivity contribution is 5.44. The van der Waals surface area contributed by atoms with Crippen molar-refractivity contribution in [3.05, 3.63) is 18.1 Å². The molecule has 0 spiro atoms. The van der Waals surface area contributed by atoms with Crippen LogP contribution >= 0.6 is 0 Å². The summed E-state index contributed by atoms with van der Waals surface area (Å²) in [5, 5.41) is 7.50. The third-order valence-electron chi connectivity index (χ3n) is 3.41. The molecule has 0 fully saturated rings. The lowest BCUT2D eigenvalue weighted by molar-refractivity contribution is 0.417. The summed E-state index contributed by atoms with van der Waals surface area (Å²) in [5.41, 5.74) is 7.00. The van der Waals surface area contributed by atoms with Gasteiger partial charge < -0.3 is 11.1 Å². The molecular weight excluding hydrogens is 228 g/mol. The topological polar surface area (TPSA) is 81.1 Å². The second-order valence-electron chi connectivity index (χ2n) is 4.68. The van der Waals surface area contributed by atoms with Gasteiger partial charge in [-0.2, -0.15) is 14.6 Å². The molecule has 0 bridgehead atoms. The van der Waals surface area contributed by atoms with Crippen LogP contribution in [0.3, 0.4) is 0 Å². The number of nitrogens with zero attached hydrogens (tertiary/aromatic N) is 4. The minimum absolute atomic E-state index is 0.190. The zero-order valence-electron chi connectivity index (χ0n) is 11.1. The molecule has 0 saturated heterocycles. The lowest BCUT2D eigenvalue weighted by Crippen LogP contribution is -2.45. The van der Waals surface area contributed by atoms with E-state index < -0.39 is 0 Å². The van der Waals surface area contributed by atoms with Gasteiger partial charge in [-0.05, 0) is 19.8 Å². The number of aromatic nitrogens is 4. The van der Waals surface area contributed by atoms with E-state index in [1.54, 1.807) is 4.52 Å². The summed E-state index contributed by atoms with van der Waals surface area (Å²) >= 11 is 0. The molecule has 0 aliphatic rings. The summed E-state index contributed by atoms with van der Waals surface area (Å²) in [6.07, 6.45) is 3.37.